The fourth-order valence-electron chi connectivity index (χ4n) is 2.75. The number of fused-ring (bicyclic) bond motifs is 2. The van der Waals surface area contributed by atoms with Crippen LogP contribution in [0.1, 0.15) is 27.2 Å². The highest BCUT2D eigenvalue weighted by Gasteiger charge is 2.27. The molecule has 0 nitrogen and oxygen atoms in total. The summed E-state index contributed by atoms with van der Waals surface area (Å²) in [4.78, 5) is 0. The van der Waals surface area contributed by atoms with Crippen LogP contribution in [0.5, 0.6) is 0 Å². The summed E-state index contributed by atoms with van der Waals surface area (Å²) in [6, 6.07) is 0. The van der Waals surface area contributed by atoms with E-state index in [9.17, 15) is 0 Å². The second-order valence-corrected chi connectivity index (χ2v) is 6.21. The number of hydrogen-bond donors (Lipinski definition) is 0. The Bertz CT molecular complexity index is 638. The zero-order valence-electron chi connectivity index (χ0n) is 12.0. The molecule has 0 unspecified atom stereocenters. The van der Waals surface area contributed by atoms with Crippen LogP contribution in [0.25, 0.3) is 0 Å². The third kappa shape index (κ3) is 2.02. The van der Waals surface area contributed by atoms with Gasteiger partial charge in [0.2, 0.25) is 0 Å². The summed E-state index contributed by atoms with van der Waals surface area (Å²) in [6.45, 7) is 10.9. The Kier molecular flexibility index (Phi) is 2.63. The van der Waals surface area contributed by atoms with Gasteiger partial charge >= 0.3 is 0 Å². The van der Waals surface area contributed by atoms with Crippen molar-refractivity contribution in [1.82, 2.24) is 0 Å². The minimum absolute atomic E-state index is 0.119. The molecule has 0 saturated carbocycles. The summed E-state index contributed by atoms with van der Waals surface area (Å²) in [5.41, 5.74) is 7.94. The second-order valence-electron chi connectivity index (χ2n) is 6.21. The Morgan fingerprint density at radius 1 is 1.00 bits per heavy atom. The maximum absolute atomic E-state index is 4.30. The molecular weight excluding hydrogens is 228 g/mol. The second kappa shape index (κ2) is 4.09. The Balaban J connectivity index is 2.14. The lowest BCUT2D eigenvalue weighted by molar-refractivity contribution is 0.626. The van der Waals surface area contributed by atoms with Crippen molar-refractivity contribution < 1.29 is 0 Å². The van der Waals surface area contributed by atoms with Gasteiger partial charge in [0.25, 0.3) is 0 Å². The molecule has 0 aromatic heterocycles. The highest BCUT2D eigenvalue weighted by Crippen LogP contribution is 2.44. The van der Waals surface area contributed by atoms with E-state index in [1.165, 1.54) is 27.9 Å². The third-order valence-electron chi connectivity index (χ3n) is 4.04. The van der Waals surface area contributed by atoms with Crippen molar-refractivity contribution in [3.05, 3.63) is 82.5 Å². The highest BCUT2D eigenvalue weighted by molar-refractivity contribution is 5.77. The zero-order chi connectivity index (χ0) is 13.6. The van der Waals surface area contributed by atoms with Crippen LogP contribution in [0.4, 0.5) is 0 Å². The molecule has 0 aromatic rings. The molecule has 0 heterocycles. The molecule has 3 aliphatic carbocycles. The van der Waals surface area contributed by atoms with E-state index in [0.29, 0.717) is 0 Å². The van der Waals surface area contributed by atoms with Gasteiger partial charge < -0.3 is 0 Å². The standard InChI is InChI=1S/C19H20/c1-13-5-7-15-14(2)16-9-11-19(3,4)12-10-18(16)17(15)8-6-13/h5,7-12H,2,6H2,1,3-4H3. The Hall–Kier alpha value is -1.82. The molecule has 0 aliphatic heterocycles. The predicted octanol–water partition coefficient (Wildman–Crippen LogP) is 5.21. The maximum Gasteiger partial charge on any atom is 0.00111 e. The van der Waals surface area contributed by atoms with E-state index in [4.69, 9.17) is 0 Å². The van der Waals surface area contributed by atoms with Gasteiger partial charge in [-0.1, -0.05) is 68.5 Å². The zero-order valence-corrected chi connectivity index (χ0v) is 12.0. The molecule has 0 bridgehead atoms. The average Bonchev–Trinajstić information content (AvgIpc) is 2.51. The van der Waals surface area contributed by atoms with E-state index in [2.05, 4.69) is 69.9 Å². The van der Waals surface area contributed by atoms with Crippen LogP contribution >= 0.6 is 0 Å². The van der Waals surface area contributed by atoms with Gasteiger partial charge in [-0.3, -0.25) is 0 Å². The molecule has 96 valence electrons. The van der Waals surface area contributed by atoms with Gasteiger partial charge in [0.15, 0.2) is 0 Å². The highest BCUT2D eigenvalue weighted by atomic mass is 14.3. The quantitative estimate of drug-likeness (QED) is 0.552. The first kappa shape index (κ1) is 12.2. The van der Waals surface area contributed by atoms with Crippen molar-refractivity contribution in [3.8, 4) is 0 Å². The van der Waals surface area contributed by atoms with Gasteiger partial charge in [-0.25, -0.2) is 0 Å². The molecule has 0 fully saturated rings. The molecule has 0 radical (unpaired) electrons. The van der Waals surface area contributed by atoms with Crippen LogP contribution in [0.15, 0.2) is 82.5 Å². The number of allylic oxidation sites excluding steroid dienone is 13. The summed E-state index contributed by atoms with van der Waals surface area (Å²) in [5.74, 6) is 0. The first-order valence-corrected chi connectivity index (χ1v) is 6.89. The lowest BCUT2D eigenvalue weighted by atomic mass is 9.91. The van der Waals surface area contributed by atoms with Crippen molar-refractivity contribution >= 4 is 0 Å². The molecule has 3 rings (SSSR count). The van der Waals surface area contributed by atoms with Gasteiger partial charge in [0, 0.05) is 5.41 Å². The van der Waals surface area contributed by atoms with Crippen LogP contribution in [0, 0.1) is 5.41 Å². The Morgan fingerprint density at radius 3 is 2.42 bits per heavy atom. The number of hydrogen-bond acceptors (Lipinski definition) is 0. The topological polar surface area (TPSA) is 0 Å². The molecule has 0 saturated heterocycles. The van der Waals surface area contributed by atoms with Crippen LogP contribution < -0.4 is 0 Å². The van der Waals surface area contributed by atoms with Gasteiger partial charge in [-0.05, 0) is 41.2 Å². The van der Waals surface area contributed by atoms with Gasteiger partial charge in [-0.2, -0.15) is 0 Å². The van der Waals surface area contributed by atoms with E-state index in [-0.39, 0.29) is 5.41 Å². The minimum Gasteiger partial charge on any atom is -0.0905 e. The van der Waals surface area contributed by atoms with Gasteiger partial charge in [0.1, 0.15) is 0 Å². The van der Waals surface area contributed by atoms with Crippen molar-refractivity contribution in [3.63, 3.8) is 0 Å². The van der Waals surface area contributed by atoms with E-state index in [0.717, 1.165) is 12.0 Å². The average molecular weight is 248 g/mol. The molecule has 0 heteroatoms. The summed E-state index contributed by atoms with van der Waals surface area (Å²) in [6.07, 6.45) is 16.9. The SMILES string of the molecule is C=C1C2=CC=C(C)CC=C2C2=C1C=CC(C)(C)C=C2. The van der Waals surface area contributed by atoms with Crippen LogP contribution in [-0.4, -0.2) is 0 Å². The van der Waals surface area contributed by atoms with E-state index in [1.807, 2.05) is 0 Å². The predicted molar refractivity (Wildman–Crippen MR) is 82.8 cm³/mol. The van der Waals surface area contributed by atoms with E-state index >= 15 is 0 Å². The molecule has 3 aliphatic rings. The lowest BCUT2D eigenvalue weighted by Crippen LogP contribution is -2.01. The van der Waals surface area contributed by atoms with Crippen molar-refractivity contribution in [2.75, 3.05) is 0 Å². The largest absolute Gasteiger partial charge is 0.0905 e. The molecular formula is C19H20. The van der Waals surface area contributed by atoms with Gasteiger partial charge in [0.05, 0.1) is 0 Å². The molecule has 19 heavy (non-hydrogen) atoms. The molecule has 0 aromatic carbocycles. The first-order chi connectivity index (χ1) is 8.98. The Labute approximate surface area is 115 Å². The van der Waals surface area contributed by atoms with Crippen molar-refractivity contribution in [2.24, 2.45) is 5.41 Å². The lowest BCUT2D eigenvalue weighted by Gasteiger charge is -2.13. The summed E-state index contributed by atoms with van der Waals surface area (Å²) in [5, 5.41) is 0. The van der Waals surface area contributed by atoms with E-state index < -0.39 is 0 Å². The summed E-state index contributed by atoms with van der Waals surface area (Å²) < 4.78 is 0. The molecule has 0 N–H and O–H groups in total. The van der Waals surface area contributed by atoms with Gasteiger partial charge in [-0.15, -0.1) is 0 Å². The number of rotatable bonds is 0. The van der Waals surface area contributed by atoms with Crippen LogP contribution in [-0.2, 0) is 0 Å². The normalized spacial score (nSPS) is 24.2. The fraction of sp³-hybridized carbons (Fsp3) is 0.263. The third-order valence-corrected chi connectivity index (χ3v) is 4.04. The molecule has 0 amide bonds. The van der Waals surface area contributed by atoms with E-state index in [1.54, 1.807) is 0 Å². The van der Waals surface area contributed by atoms with Crippen LogP contribution in [0.2, 0.25) is 0 Å². The monoisotopic (exact) mass is 248 g/mol. The molecule has 0 spiro atoms. The summed E-state index contributed by atoms with van der Waals surface area (Å²) >= 11 is 0. The van der Waals surface area contributed by atoms with Crippen LogP contribution in [0.3, 0.4) is 0 Å². The fourth-order valence-corrected chi connectivity index (χ4v) is 2.75. The smallest absolute Gasteiger partial charge is 0.00111 e. The molecule has 0 atom stereocenters. The van der Waals surface area contributed by atoms with Crippen molar-refractivity contribution in [1.29, 1.82) is 0 Å². The Morgan fingerprint density at radius 2 is 1.68 bits per heavy atom. The maximum atomic E-state index is 4.30. The summed E-state index contributed by atoms with van der Waals surface area (Å²) in [7, 11) is 0. The minimum atomic E-state index is 0.119. The first-order valence-electron chi connectivity index (χ1n) is 6.89. The van der Waals surface area contributed by atoms with Crippen molar-refractivity contribution in [2.45, 2.75) is 27.2 Å².